The van der Waals surface area contributed by atoms with Gasteiger partial charge < -0.3 is 4.98 Å². The molecule has 0 spiro atoms. The number of amides is 1. The zero-order valence-corrected chi connectivity index (χ0v) is 11.6. The molecular weight excluding hydrogens is 254 g/mol. The van der Waals surface area contributed by atoms with Gasteiger partial charge in [0.2, 0.25) is 5.95 Å². The van der Waals surface area contributed by atoms with Crippen molar-refractivity contribution in [1.29, 1.82) is 0 Å². The summed E-state index contributed by atoms with van der Waals surface area (Å²) >= 11 is 0. The van der Waals surface area contributed by atoms with Crippen LogP contribution in [-0.4, -0.2) is 25.7 Å². The number of aryl methyl sites for hydroxylation is 1. The summed E-state index contributed by atoms with van der Waals surface area (Å²) in [6.45, 7) is 1.86. The van der Waals surface area contributed by atoms with E-state index in [1.807, 2.05) is 11.6 Å². The van der Waals surface area contributed by atoms with Crippen LogP contribution in [0.1, 0.15) is 54.2 Å². The predicted molar refractivity (Wildman–Crippen MR) is 75.6 cm³/mol. The monoisotopic (exact) mass is 273 g/mol. The molecule has 2 heterocycles. The SMILES string of the molecule is Cc1[nH]ccc1C(=O)Nc1ncn(C2CCCCC2)n1. The van der Waals surface area contributed by atoms with Crippen molar-refractivity contribution in [3.05, 3.63) is 29.8 Å². The number of nitrogens with one attached hydrogen (secondary N) is 2. The first-order valence-electron chi connectivity index (χ1n) is 7.10. The molecule has 1 fully saturated rings. The minimum Gasteiger partial charge on any atom is -0.365 e. The summed E-state index contributed by atoms with van der Waals surface area (Å²) < 4.78 is 1.89. The molecular formula is C14H19N5O. The molecule has 2 aromatic rings. The Balaban J connectivity index is 1.68. The summed E-state index contributed by atoms with van der Waals surface area (Å²) in [6, 6.07) is 2.18. The number of hydrogen-bond acceptors (Lipinski definition) is 3. The molecule has 1 aliphatic carbocycles. The maximum absolute atomic E-state index is 12.1. The van der Waals surface area contributed by atoms with E-state index in [1.165, 1.54) is 19.3 Å². The standard InChI is InChI=1S/C14H19N5O/c1-10-12(7-8-15-10)13(20)17-14-16-9-19(18-14)11-5-3-2-4-6-11/h7-9,11,15H,2-6H2,1H3,(H,17,18,20). The topological polar surface area (TPSA) is 75.6 Å². The minimum atomic E-state index is -0.176. The van der Waals surface area contributed by atoms with Crippen LogP contribution in [-0.2, 0) is 0 Å². The Kier molecular flexibility index (Phi) is 3.54. The number of rotatable bonds is 3. The molecule has 1 saturated carbocycles. The zero-order chi connectivity index (χ0) is 13.9. The summed E-state index contributed by atoms with van der Waals surface area (Å²) in [4.78, 5) is 19.2. The second kappa shape index (κ2) is 5.48. The number of aromatic nitrogens is 4. The van der Waals surface area contributed by atoms with Crippen molar-refractivity contribution >= 4 is 11.9 Å². The summed E-state index contributed by atoms with van der Waals surface area (Å²) in [5, 5.41) is 7.12. The molecule has 6 nitrogen and oxygen atoms in total. The van der Waals surface area contributed by atoms with Gasteiger partial charge in [-0.3, -0.25) is 10.1 Å². The number of nitrogens with zero attached hydrogens (tertiary/aromatic N) is 3. The van der Waals surface area contributed by atoms with Crippen molar-refractivity contribution in [3.8, 4) is 0 Å². The van der Waals surface area contributed by atoms with Crippen molar-refractivity contribution in [2.24, 2.45) is 0 Å². The van der Waals surface area contributed by atoms with Crippen LogP contribution in [0.15, 0.2) is 18.6 Å². The summed E-state index contributed by atoms with van der Waals surface area (Å²) in [5.74, 6) is 0.200. The lowest BCUT2D eigenvalue weighted by molar-refractivity contribution is 0.102. The molecule has 0 radical (unpaired) electrons. The molecule has 1 aliphatic rings. The molecule has 0 aromatic carbocycles. The van der Waals surface area contributed by atoms with E-state index in [0.717, 1.165) is 18.5 Å². The molecule has 106 valence electrons. The van der Waals surface area contributed by atoms with Crippen LogP contribution in [0.3, 0.4) is 0 Å². The number of H-pyrrole nitrogens is 1. The van der Waals surface area contributed by atoms with E-state index < -0.39 is 0 Å². The van der Waals surface area contributed by atoms with Crippen molar-refractivity contribution in [1.82, 2.24) is 19.7 Å². The molecule has 6 heteroatoms. The average Bonchev–Trinajstić information content (AvgIpc) is 3.09. The highest BCUT2D eigenvalue weighted by molar-refractivity contribution is 6.04. The van der Waals surface area contributed by atoms with E-state index in [2.05, 4.69) is 20.4 Å². The molecule has 0 atom stereocenters. The van der Waals surface area contributed by atoms with Gasteiger partial charge in [-0.05, 0) is 25.8 Å². The van der Waals surface area contributed by atoms with Crippen molar-refractivity contribution in [2.45, 2.75) is 45.1 Å². The van der Waals surface area contributed by atoms with Crippen molar-refractivity contribution in [2.75, 3.05) is 5.32 Å². The van der Waals surface area contributed by atoms with Crippen LogP contribution in [0.2, 0.25) is 0 Å². The van der Waals surface area contributed by atoms with Gasteiger partial charge in [0, 0.05) is 11.9 Å². The Hall–Kier alpha value is -2.11. The van der Waals surface area contributed by atoms with E-state index in [9.17, 15) is 4.79 Å². The first kappa shape index (κ1) is 12.9. The third-order valence-electron chi connectivity index (χ3n) is 3.88. The van der Waals surface area contributed by atoms with E-state index >= 15 is 0 Å². The Bertz CT molecular complexity index is 594. The van der Waals surface area contributed by atoms with E-state index in [-0.39, 0.29) is 5.91 Å². The maximum atomic E-state index is 12.1. The second-order valence-corrected chi connectivity index (χ2v) is 5.31. The average molecular weight is 273 g/mol. The highest BCUT2D eigenvalue weighted by Gasteiger charge is 2.18. The van der Waals surface area contributed by atoms with Crippen LogP contribution in [0.5, 0.6) is 0 Å². The number of carbonyl (C=O) groups excluding carboxylic acids is 1. The van der Waals surface area contributed by atoms with Crippen molar-refractivity contribution in [3.63, 3.8) is 0 Å². The molecule has 0 saturated heterocycles. The first-order valence-corrected chi connectivity index (χ1v) is 7.10. The largest absolute Gasteiger partial charge is 0.365 e. The third kappa shape index (κ3) is 2.59. The minimum absolute atomic E-state index is 0.176. The van der Waals surface area contributed by atoms with Gasteiger partial charge in [0.15, 0.2) is 0 Å². The highest BCUT2D eigenvalue weighted by atomic mass is 16.1. The lowest BCUT2D eigenvalue weighted by Crippen LogP contribution is -2.16. The summed E-state index contributed by atoms with van der Waals surface area (Å²) in [7, 11) is 0. The summed E-state index contributed by atoms with van der Waals surface area (Å²) in [5.41, 5.74) is 1.47. The predicted octanol–water partition coefficient (Wildman–Crippen LogP) is 2.67. The normalized spacial score (nSPS) is 16.2. The van der Waals surface area contributed by atoms with Crippen LogP contribution in [0, 0.1) is 6.92 Å². The Morgan fingerprint density at radius 3 is 2.90 bits per heavy atom. The van der Waals surface area contributed by atoms with Crippen molar-refractivity contribution < 1.29 is 4.79 Å². The van der Waals surface area contributed by atoms with Gasteiger partial charge in [-0.15, -0.1) is 5.10 Å². The van der Waals surface area contributed by atoms with Crippen LogP contribution < -0.4 is 5.32 Å². The molecule has 2 N–H and O–H groups in total. The molecule has 0 aliphatic heterocycles. The number of hydrogen-bond donors (Lipinski definition) is 2. The Morgan fingerprint density at radius 1 is 1.40 bits per heavy atom. The second-order valence-electron chi connectivity index (χ2n) is 5.31. The zero-order valence-electron chi connectivity index (χ0n) is 11.6. The van der Waals surface area contributed by atoms with Gasteiger partial charge in [0.05, 0.1) is 11.6 Å². The molecule has 20 heavy (non-hydrogen) atoms. The van der Waals surface area contributed by atoms with Gasteiger partial charge in [-0.25, -0.2) is 9.67 Å². The number of carbonyl (C=O) groups is 1. The smallest absolute Gasteiger partial charge is 0.259 e. The van der Waals surface area contributed by atoms with E-state index in [1.54, 1.807) is 18.6 Å². The molecule has 0 unspecified atom stereocenters. The van der Waals surface area contributed by atoms with Gasteiger partial charge in [-0.1, -0.05) is 19.3 Å². The lowest BCUT2D eigenvalue weighted by atomic mass is 9.96. The van der Waals surface area contributed by atoms with E-state index in [4.69, 9.17) is 0 Å². The lowest BCUT2D eigenvalue weighted by Gasteiger charge is -2.21. The fraction of sp³-hybridized carbons (Fsp3) is 0.500. The van der Waals surface area contributed by atoms with Gasteiger partial charge in [0.25, 0.3) is 5.91 Å². The fourth-order valence-corrected chi connectivity index (χ4v) is 2.72. The van der Waals surface area contributed by atoms with Gasteiger partial charge >= 0.3 is 0 Å². The van der Waals surface area contributed by atoms with Crippen LogP contribution >= 0.6 is 0 Å². The molecule has 2 aromatic heterocycles. The number of aromatic amines is 1. The summed E-state index contributed by atoms with van der Waals surface area (Å²) in [6.07, 6.45) is 9.56. The molecule has 0 bridgehead atoms. The Morgan fingerprint density at radius 2 is 2.20 bits per heavy atom. The number of anilines is 1. The fourth-order valence-electron chi connectivity index (χ4n) is 2.72. The van der Waals surface area contributed by atoms with Crippen LogP contribution in [0.4, 0.5) is 5.95 Å². The third-order valence-corrected chi connectivity index (χ3v) is 3.88. The van der Waals surface area contributed by atoms with Gasteiger partial charge in [-0.2, -0.15) is 0 Å². The quantitative estimate of drug-likeness (QED) is 0.902. The first-order chi connectivity index (χ1) is 9.74. The van der Waals surface area contributed by atoms with E-state index in [0.29, 0.717) is 17.6 Å². The Labute approximate surface area is 117 Å². The van der Waals surface area contributed by atoms with Gasteiger partial charge in [0.1, 0.15) is 6.33 Å². The maximum Gasteiger partial charge on any atom is 0.259 e. The molecule has 1 amide bonds. The molecule has 3 rings (SSSR count). The highest BCUT2D eigenvalue weighted by Crippen LogP contribution is 2.27. The van der Waals surface area contributed by atoms with Crippen LogP contribution in [0.25, 0.3) is 0 Å².